The Kier molecular flexibility index (Phi) is 11.1. The minimum Gasteiger partial charge on any atom is -0.0856 e. The number of halogens is 1. The molecule has 0 aromatic heterocycles. The van der Waals surface area contributed by atoms with Gasteiger partial charge in [-0.25, -0.2) is 0 Å². The van der Waals surface area contributed by atoms with Crippen LogP contribution < -0.4 is 0 Å². The minimum absolute atomic E-state index is 0.430. The van der Waals surface area contributed by atoms with Gasteiger partial charge in [-0.15, -0.1) is 0 Å². The highest BCUT2D eigenvalue weighted by Gasteiger charge is 2.19. The molecule has 0 saturated heterocycles. The lowest BCUT2D eigenvalue weighted by Crippen LogP contribution is -2.12. The third-order valence-corrected chi connectivity index (χ3v) is 5.85. The van der Waals surface area contributed by atoms with E-state index in [1.807, 2.05) is 0 Å². The highest BCUT2D eigenvalue weighted by Crippen LogP contribution is 2.34. The molecule has 0 nitrogen and oxygen atoms in total. The molecule has 0 aliphatic rings. The van der Waals surface area contributed by atoms with Crippen LogP contribution >= 0.6 is 22.6 Å². The van der Waals surface area contributed by atoms with Gasteiger partial charge in [-0.05, 0) is 94.7 Å². The molecule has 158 valence electrons. The van der Waals surface area contributed by atoms with Gasteiger partial charge in [0.25, 0.3) is 0 Å². The minimum atomic E-state index is 0.430. The lowest BCUT2D eigenvalue weighted by molar-refractivity contribution is 0.286. The molecule has 2 atom stereocenters. The first-order valence-electron chi connectivity index (χ1n) is 11.1. The molecule has 0 amide bonds. The van der Waals surface area contributed by atoms with Gasteiger partial charge in [-0.2, -0.15) is 0 Å². The van der Waals surface area contributed by atoms with E-state index in [0.29, 0.717) is 11.3 Å². The van der Waals surface area contributed by atoms with Crippen molar-refractivity contribution in [1.82, 2.24) is 0 Å². The second kappa shape index (κ2) is 12.2. The van der Waals surface area contributed by atoms with E-state index in [4.69, 9.17) is 0 Å². The normalized spacial score (nSPS) is 14.6. The van der Waals surface area contributed by atoms with Gasteiger partial charge in [0.1, 0.15) is 0 Å². The van der Waals surface area contributed by atoms with Crippen molar-refractivity contribution in [2.75, 3.05) is 0 Å². The summed E-state index contributed by atoms with van der Waals surface area (Å²) in [6, 6.07) is 7.02. The van der Waals surface area contributed by atoms with Crippen molar-refractivity contribution in [3.63, 3.8) is 0 Å². The summed E-state index contributed by atoms with van der Waals surface area (Å²) in [6.45, 7) is 20.5. The monoisotopic (exact) mass is 494 g/mol. The molecule has 1 heteroatoms. The van der Waals surface area contributed by atoms with Gasteiger partial charge in [0.15, 0.2) is 0 Å². The Morgan fingerprint density at radius 3 is 2.29 bits per heavy atom. The molecule has 1 aromatic carbocycles. The van der Waals surface area contributed by atoms with E-state index >= 15 is 0 Å². The summed E-state index contributed by atoms with van der Waals surface area (Å²) in [6.07, 6.45) is 12.2. The van der Waals surface area contributed by atoms with Crippen LogP contribution in [0.1, 0.15) is 103 Å². The predicted molar refractivity (Wildman–Crippen MR) is 137 cm³/mol. The fourth-order valence-corrected chi connectivity index (χ4v) is 4.49. The van der Waals surface area contributed by atoms with Crippen molar-refractivity contribution in [2.45, 2.75) is 92.9 Å². The van der Waals surface area contributed by atoms with Crippen LogP contribution in [-0.2, 0) is 0 Å². The van der Waals surface area contributed by atoms with Gasteiger partial charge in [-0.3, -0.25) is 0 Å². The topological polar surface area (TPSA) is 0 Å². The van der Waals surface area contributed by atoms with E-state index in [1.165, 1.54) is 49.7 Å². The molecular weight excluding hydrogens is 451 g/mol. The summed E-state index contributed by atoms with van der Waals surface area (Å²) in [4.78, 5) is 0. The molecule has 2 unspecified atom stereocenters. The Morgan fingerprint density at radius 2 is 1.75 bits per heavy atom. The highest BCUT2D eigenvalue weighted by atomic mass is 127. The number of aryl methyl sites for hydroxylation is 1. The smallest absolute Gasteiger partial charge is 0.00581 e. The van der Waals surface area contributed by atoms with E-state index < -0.39 is 0 Å². The summed E-state index contributed by atoms with van der Waals surface area (Å²) >= 11 is 2.26. The van der Waals surface area contributed by atoms with Crippen LogP contribution in [0.4, 0.5) is 0 Å². The number of rotatable bonds is 11. The third-order valence-electron chi connectivity index (χ3n) is 5.49. The van der Waals surface area contributed by atoms with E-state index in [0.717, 1.165) is 15.4 Å². The third kappa shape index (κ3) is 10.8. The zero-order chi connectivity index (χ0) is 21.3. The molecule has 0 saturated carbocycles. The fourth-order valence-electron chi connectivity index (χ4n) is 4.31. The Bertz CT molecular complexity index is 630. The van der Waals surface area contributed by atoms with E-state index in [-0.39, 0.29) is 0 Å². The van der Waals surface area contributed by atoms with Gasteiger partial charge in [0.2, 0.25) is 0 Å². The zero-order valence-corrected chi connectivity index (χ0v) is 21.6. The van der Waals surface area contributed by atoms with Gasteiger partial charge < -0.3 is 0 Å². The van der Waals surface area contributed by atoms with Crippen LogP contribution in [0.2, 0.25) is 0 Å². The summed E-state index contributed by atoms with van der Waals surface area (Å²) in [7, 11) is 0. The summed E-state index contributed by atoms with van der Waals surface area (Å²) < 4.78 is 1.07. The van der Waals surface area contributed by atoms with Crippen LogP contribution in [-0.4, -0.2) is 0 Å². The van der Waals surface area contributed by atoms with Gasteiger partial charge in [-0.1, -0.05) is 91.7 Å². The second-order valence-corrected chi connectivity index (χ2v) is 11.8. The lowest BCUT2D eigenvalue weighted by Gasteiger charge is -2.26. The van der Waals surface area contributed by atoms with Crippen molar-refractivity contribution in [3.8, 4) is 0 Å². The molecule has 0 spiro atoms. The predicted octanol–water partition coefficient (Wildman–Crippen LogP) is 9.72. The molecule has 0 bridgehead atoms. The van der Waals surface area contributed by atoms with Gasteiger partial charge in [0, 0.05) is 3.58 Å². The molecule has 1 aromatic rings. The van der Waals surface area contributed by atoms with Crippen LogP contribution in [0.25, 0.3) is 6.08 Å². The molecule has 0 heterocycles. The summed E-state index contributed by atoms with van der Waals surface area (Å²) in [5.74, 6) is 2.29. The molecule has 0 fully saturated rings. The van der Waals surface area contributed by atoms with Crippen molar-refractivity contribution < 1.29 is 0 Å². The first kappa shape index (κ1) is 25.5. The maximum atomic E-state index is 3.95. The Morgan fingerprint density at radius 1 is 1.07 bits per heavy atom. The molecule has 0 radical (unpaired) electrons. The standard InChI is InChI=1S/C27H43I/c1-20(2)10-9-11-25(16-12-21(3)19-27(6,7)8)26-17-15-24(18-22(26)4)14-13-23(5)28/h13-15,17-18,20-21,25H,5,9-12,16,19H2,1-4,6-8H3/b14-13+. The SMILES string of the molecule is C=C(I)/C=C/c1ccc(C(CCCC(C)C)CCC(C)CC(C)(C)C)c(C)c1. The second-order valence-electron chi connectivity index (χ2n) is 10.4. The van der Waals surface area contributed by atoms with Crippen molar-refractivity contribution >= 4 is 28.7 Å². The van der Waals surface area contributed by atoms with Crippen molar-refractivity contribution in [3.05, 3.63) is 51.1 Å². The lowest BCUT2D eigenvalue weighted by atomic mass is 9.80. The van der Waals surface area contributed by atoms with Crippen LogP contribution in [0.5, 0.6) is 0 Å². The van der Waals surface area contributed by atoms with E-state index in [1.54, 1.807) is 5.56 Å². The maximum absolute atomic E-state index is 3.95. The molecule has 0 aliphatic carbocycles. The maximum Gasteiger partial charge on any atom is 0.00581 e. The van der Waals surface area contributed by atoms with E-state index in [2.05, 4.69) is 108 Å². The number of hydrogen-bond donors (Lipinski definition) is 0. The highest BCUT2D eigenvalue weighted by molar-refractivity contribution is 14.1. The average Bonchev–Trinajstić information content (AvgIpc) is 2.54. The van der Waals surface area contributed by atoms with Crippen LogP contribution in [0.15, 0.2) is 34.4 Å². The summed E-state index contributed by atoms with van der Waals surface area (Å²) in [5.41, 5.74) is 4.72. The molecule has 1 rings (SSSR count). The van der Waals surface area contributed by atoms with Gasteiger partial charge in [0.05, 0.1) is 0 Å². The molecule has 0 N–H and O–H groups in total. The number of benzene rings is 1. The Balaban J connectivity index is 2.89. The quantitative estimate of drug-likeness (QED) is 0.212. The average molecular weight is 495 g/mol. The van der Waals surface area contributed by atoms with Crippen molar-refractivity contribution in [2.24, 2.45) is 17.3 Å². The Hall–Kier alpha value is -0.570. The zero-order valence-electron chi connectivity index (χ0n) is 19.4. The molecule has 28 heavy (non-hydrogen) atoms. The fraction of sp³-hybridized carbons (Fsp3) is 0.630. The van der Waals surface area contributed by atoms with E-state index in [9.17, 15) is 0 Å². The molecular formula is C27H43I. The molecule has 0 aliphatic heterocycles. The first-order chi connectivity index (χ1) is 13.0. The number of hydrogen-bond acceptors (Lipinski definition) is 0. The van der Waals surface area contributed by atoms with Crippen molar-refractivity contribution in [1.29, 1.82) is 0 Å². The summed E-state index contributed by atoms with van der Waals surface area (Å²) in [5, 5.41) is 0. The first-order valence-corrected chi connectivity index (χ1v) is 12.2. The Labute approximate surface area is 189 Å². The number of allylic oxidation sites excluding steroid dienone is 2. The largest absolute Gasteiger partial charge is 0.0856 e. The van der Waals surface area contributed by atoms with Crippen LogP contribution in [0, 0.1) is 24.2 Å². The van der Waals surface area contributed by atoms with Crippen LogP contribution in [0.3, 0.4) is 0 Å². The van der Waals surface area contributed by atoms with Gasteiger partial charge >= 0.3 is 0 Å².